The second-order valence-corrected chi connectivity index (χ2v) is 5.18. The number of benzene rings is 1. The number of hydrogen-bond acceptors (Lipinski definition) is 3. The van der Waals surface area contributed by atoms with Crippen molar-refractivity contribution >= 4 is 0 Å². The van der Waals surface area contributed by atoms with Crippen LogP contribution in [0.2, 0.25) is 0 Å². The van der Waals surface area contributed by atoms with Gasteiger partial charge in [0.2, 0.25) is 0 Å². The first kappa shape index (κ1) is 14.5. The molecule has 0 radical (unpaired) electrons. The van der Waals surface area contributed by atoms with Crippen molar-refractivity contribution in [2.24, 2.45) is 0 Å². The second kappa shape index (κ2) is 6.06. The smallest absolute Gasteiger partial charge is 0.128 e. The summed E-state index contributed by atoms with van der Waals surface area (Å²) in [6, 6.07) is 7.93. The van der Waals surface area contributed by atoms with Crippen LogP contribution >= 0.6 is 0 Å². The maximum absolute atomic E-state index is 10.4. The Labute approximate surface area is 120 Å². The highest BCUT2D eigenvalue weighted by Crippen LogP contribution is 2.27. The quantitative estimate of drug-likeness (QED) is 0.927. The summed E-state index contributed by atoms with van der Waals surface area (Å²) in [5, 5.41) is 10.4. The number of nitrogens with zero attached hydrogens (tertiary/aromatic N) is 1. The van der Waals surface area contributed by atoms with Gasteiger partial charge in [-0.25, -0.2) is 0 Å². The number of aliphatic hydroxyl groups excluding tert-OH is 1. The minimum atomic E-state index is -0.548. The van der Waals surface area contributed by atoms with Crippen molar-refractivity contribution < 1.29 is 9.84 Å². The van der Waals surface area contributed by atoms with E-state index in [1.54, 1.807) is 13.3 Å². The van der Waals surface area contributed by atoms with Gasteiger partial charge in [-0.2, -0.15) is 0 Å². The Morgan fingerprint density at radius 1 is 1.25 bits per heavy atom. The molecule has 0 amide bonds. The lowest BCUT2D eigenvalue weighted by atomic mass is 10.00. The second-order valence-electron chi connectivity index (χ2n) is 5.18. The summed E-state index contributed by atoms with van der Waals surface area (Å²) < 4.78 is 5.40. The maximum Gasteiger partial charge on any atom is 0.128 e. The fourth-order valence-electron chi connectivity index (χ4n) is 2.46. The molecule has 20 heavy (non-hydrogen) atoms. The molecule has 2 rings (SSSR count). The highest BCUT2D eigenvalue weighted by molar-refractivity contribution is 5.41. The van der Waals surface area contributed by atoms with Crippen LogP contribution in [0.3, 0.4) is 0 Å². The lowest BCUT2D eigenvalue weighted by molar-refractivity contribution is 0.177. The Morgan fingerprint density at radius 2 is 2.00 bits per heavy atom. The van der Waals surface area contributed by atoms with Crippen LogP contribution in [0.5, 0.6) is 5.75 Å². The van der Waals surface area contributed by atoms with E-state index >= 15 is 0 Å². The van der Waals surface area contributed by atoms with Crippen LogP contribution < -0.4 is 4.74 Å². The molecule has 106 valence electrons. The molecule has 0 aliphatic rings. The van der Waals surface area contributed by atoms with E-state index in [0.717, 1.165) is 33.7 Å². The molecule has 0 bridgehead atoms. The number of aliphatic hydroxyl groups is 1. The molecule has 1 aromatic carbocycles. The number of methoxy groups -OCH3 is 1. The summed E-state index contributed by atoms with van der Waals surface area (Å²) in [6.45, 7) is 5.98. The van der Waals surface area contributed by atoms with Crippen molar-refractivity contribution in [3.05, 3.63) is 58.4 Å². The zero-order valence-corrected chi connectivity index (χ0v) is 12.5. The van der Waals surface area contributed by atoms with Crippen LogP contribution in [0.15, 0.2) is 30.5 Å². The molecule has 0 spiro atoms. The molecule has 3 heteroatoms. The standard InChI is InChI=1S/C17H21NO2/c1-11-6-5-7-14(8-11)16(19)9-15-13(3)17(20-4)12(2)10-18-15/h5-8,10,16,19H,9H2,1-4H3. The Kier molecular flexibility index (Phi) is 4.40. The molecule has 0 saturated carbocycles. The van der Waals surface area contributed by atoms with Gasteiger partial charge >= 0.3 is 0 Å². The first-order valence-electron chi connectivity index (χ1n) is 6.76. The van der Waals surface area contributed by atoms with E-state index in [-0.39, 0.29) is 0 Å². The largest absolute Gasteiger partial charge is 0.496 e. The topological polar surface area (TPSA) is 42.4 Å². The molecule has 1 atom stereocenters. The summed E-state index contributed by atoms with van der Waals surface area (Å²) in [4.78, 5) is 4.43. The van der Waals surface area contributed by atoms with Crippen molar-refractivity contribution in [1.29, 1.82) is 0 Å². The van der Waals surface area contributed by atoms with E-state index in [1.807, 2.05) is 45.0 Å². The van der Waals surface area contributed by atoms with Crippen molar-refractivity contribution in [1.82, 2.24) is 4.98 Å². The number of aryl methyl sites for hydroxylation is 2. The van der Waals surface area contributed by atoms with Gasteiger partial charge in [0.1, 0.15) is 5.75 Å². The molecule has 1 unspecified atom stereocenters. The van der Waals surface area contributed by atoms with E-state index in [9.17, 15) is 5.11 Å². The molecule has 0 aliphatic heterocycles. The Hall–Kier alpha value is -1.87. The van der Waals surface area contributed by atoms with Gasteiger partial charge in [0, 0.05) is 29.4 Å². The molecular formula is C17H21NO2. The third kappa shape index (κ3) is 2.99. The molecule has 0 saturated heterocycles. The van der Waals surface area contributed by atoms with Gasteiger partial charge in [0.15, 0.2) is 0 Å². The maximum atomic E-state index is 10.4. The average molecular weight is 271 g/mol. The van der Waals surface area contributed by atoms with Crippen molar-refractivity contribution in [3.8, 4) is 5.75 Å². The number of aromatic nitrogens is 1. The lowest BCUT2D eigenvalue weighted by Gasteiger charge is -2.15. The Morgan fingerprint density at radius 3 is 2.65 bits per heavy atom. The molecule has 2 aromatic rings. The van der Waals surface area contributed by atoms with Crippen molar-refractivity contribution in [3.63, 3.8) is 0 Å². The number of rotatable bonds is 4. The van der Waals surface area contributed by atoms with Crippen LogP contribution in [0, 0.1) is 20.8 Å². The summed E-state index contributed by atoms with van der Waals surface area (Å²) >= 11 is 0. The summed E-state index contributed by atoms with van der Waals surface area (Å²) in [6.07, 6.45) is 1.74. The predicted octanol–water partition coefficient (Wildman–Crippen LogP) is 3.29. The fourth-order valence-corrected chi connectivity index (χ4v) is 2.46. The van der Waals surface area contributed by atoms with Crippen molar-refractivity contribution in [2.45, 2.75) is 33.3 Å². The molecular weight excluding hydrogens is 250 g/mol. The van der Waals surface area contributed by atoms with E-state index in [4.69, 9.17) is 4.74 Å². The summed E-state index contributed by atoms with van der Waals surface area (Å²) in [5.41, 5.74) is 4.96. The Bertz CT molecular complexity index is 608. The number of hydrogen-bond donors (Lipinski definition) is 1. The van der Waals surface area contributed by atoms with Crippen LogP contribution in [0.4, 0.5) is 0 Å². The van der Waals surface area contributed by atoms with Gasteiger partial charge in [-0.05, 0) is 26.3 Å². The van der Waals surface area contributed by atoms with E-state index < -0.39 is 6.10 Å². The van der Waals surface area contributed by atoms with Crippen LogP contribution in [0.25, 0.3) is 0 Å². The monoisotopic (exact) mass is 271 g/mol. The predicted molar refractivity (Wildman–Crippen MR) is 80.1 cm³/mol. The van der Waals surface area contributed by atoms with Crippen LogP contribution in [-0.4, -0.2) is 17.2 Å². The van der Waals surface area contributed by atoms with Crippen molar-refractivity contribution in [2.75, 3.05) is 7.11 Å². The van der Waals surface area contributed by atoms with Crippen LogP contribution in [-0.2, 0) is 6.42 Å². The number of pyridine rings is 1. The highest BCUT2D eigenvalue weighted by Gasteiger charge is 2.15. The van der Waals surface area contributed by atoms with Gasteiger partial charge in [-0.3, -0.25) is 4.98 Å². The van der Waals surface area contributed by atoms with E-state index in [1.165, 1.54) is 0 Å². The summed E-state index contributed by atoms with van der Waals surface area (Å²) in [5.74, 6) is 0.853. The van der Waals surface area contributed by atoms with Gasteiger partial charge < -0.3 is 9.84 Å². The fraction of sp³-hybridized carbons (Fsp3) is 0.353. The number of ether oxygens (including phenoxy) is 1. The molecule has 3 nitrogen and oxygen atoms in total. The zero-order chi connectivity index (χ0) is 14.7. The van der Waals surface area contributed by atoms with Gasteiger partial charge in [-0.1, -0.05) is 29.8 Å². The molecule has 1 aromatic heterocycles. The zero-order valence-electron chi connectivity index (χ0n) is 12.5. The van der Waals surface area contributed by atoms with E-state index in [2.05, 4.69) is 4.98 Å². The lowest BCUT2D eigenvalue weighted by Crippen LogP contribution is -2.07. The van der Waals surface area contributed by atoms with Gasteiger partial charge in [-0.15, -0.1) is 0 Å². The molecule has 0 fully saturated rings. The first-order valence-corrected chi connectivity index (χ1v) is 6.76. The summed E-state index contributed by atoms with van der Waals surface area (Å²) in [7, 11) is 1.66. The Balaban J connectivity index is 2.26. The third-order valence-corrected chi connectivity index (χ3v) is 3.56. The third-order valence-electron chi connectivity index (χ3n) is 3.56. The average Bonchev–Trinajstić information content (AvgIpc) is 2.42. The molecule has 1 heterocycles. The van der Waals surface area contributed by atoms with Crippen LogP contribution in [0.1, 0.15) is 34.1 Å². The van der Waals surface area contributed by atoms with Gasteiger partial charge in [0.05, 0.1) is 13.2 Å². The van der Waals surface area contributed by atoms with Gasteiger partial charge in [0.25, 0.3) is 0 Å². The van der Waals surface area contributed by atoms with E-state index in [0.29, 0.717) is 6.42 Å². The molecule has 1 N–H and O–H groups in total. The minimum absolute atomic E-state index is 0.492. The highest BCUT2D eigenvalue weighted by atomic mass is 16.5. The SMILES string of the molecule is COc1c(C)cnc(CC(O)c2cccc(C)c2)c1C. The first-order chi connectivity index (χ1) is 9.52. The molecule has 0 aliphatic carbocycles. The normalized spacial score (nSPS) is 12.2. The minimum Gasteiger partial charge on any atom is -0.496 e.